The van der Waals surface area contributed by atoms with Crippen LogP contribution in [0.2, 0.25) is 0 Å². The van der Waals surface area contributed by atoms with Gasteiger partial charge in [-0.15, -0.1) is 0 Å². The zero-order valence-electron chi connectivity index (χ0n) is 14.4. The van der Waals surface area contributed by atoms with E-state index in [-0.39, 0.29) is 11.6 Å². The van der Waals surface area contributed by atoms with Crippen molar-refractivity contribution >= 4 is 17.4 Å². The number of aromatic nitrogens is 1. The van der Waals surface area contributed by atoms with Crippen molar-refractivity contribution in [2.75, 3.05) is 31.1 Å². The Balaban J connectivity index is 1.65. The van der Waals surface area contributed by atoms with Gasteiger partial charge in [0, 0.05) is 49.9 Å². The van der Waals surface area contributed by atoms with Crippen LogP contribution >= 0.6 is 0 Å². The van der Waals surface area contributed by atoms with Gasteiger partial charge in [-0.25, -0.2) is 4.98 Å². The van der Waals surface area contributed by atoms with Crippen LogP contribution in [-0.4, -0.2) is 46.9 Å². The average molecular weight is 350 g/mol. The summed E-state index contributed by atoms with van der Waals surface area (Å²) in [5.74, 6) is 5.72. The molecule has 7 nitrogen and oxygen atoms in total. The van der Waals surface area contributed by atoms with Crippen molar-refractivity contribution in [2.24, 2.45) is 0 Å². The van der Waals surface area contributed by atoms with Gasteiger partial charge in [-0.2, -0.15) is 0 Å². The number of hydrogen-bond acceptors (Lipinski definition) is 5. The lowest BCUT2D eigenvalue weighted by Crippen LogP contribution is -2.48. The standard InChI is InChI=1S/C19H18N4O3/c1-15-5-2-3-6-16(15)8-9-18(24)21-11-13-22(14-12-21)19-17(23(25)26)7-4-10-20-19/h2-7,10H,11-14H2,1H3. The Kier molecular flexibility index (Phi) is 5.13. The fourth-order valence-corrected chi connectivity index (χ4v) is 2.81. The first-order valence-corrected chi connectivity index (χ1v) is 8.27. The van der Waals surface area contributed by atoms with E-state index in [1.54, 1.807) is 11.0 Å². The maximum absolute atomic E-state index is 12.3. The number of amides is 1. The van der Waals surface area contributed by atoms with Crippen molar-refractivity contribution < 1.29 is 9.72 Å². The number of benzene rings is 1. The van der Waals surface area contributed by atoms with E-state index in [9.17, 15) is 14.9 Å². The number of aryl methyl sites for hydroxylation is 1. The lowest BCUT2D eigenvalue weighted by molar-refractivity contribution is -0.384. The summed E-state index contributed by atoms with van der Waals surface area (Å²) in [6.07, 6.45) is 1.54. The molecule has 7 heteroatoms. The van der Waals surface area contributed by atoms with Crippen LogP contribution in [0.15, 0.2) is 42.6 Å². The molecule has 0 N–H and O–H groups in total. The summed E-state index contributed by atoms with van der Waals surface area (Å²) in [7, 11) is 0. The summed E-state index contributed by atoms with van der Waals surface area (Å²) in [4.78, 5) is 30.6. The molecule has 0 radical (unpaired) electrons. The molecule has 1 fully saturated rings. The molecule has 0 unspecified atom stereocenters. The molecule has 1 aromatic heterocycles. The zero-order chi connectivity index (χ0) is 18.5. The molecule has 3 rings (SSSR count). The normalized spacial score (nSPS) is 13.7. The third-order valence-electron chi connectivity index (χ3n) is 4.28. The highest BCUT2D eigenvalue weighted by molar-refractivity contribution is 5.94. The highest BCUT2D eigenvalue weighted by Crippen LogP contribution is 2.25. The van der Waals surface area contributed by atoms with Crippen LogP contribution in [0, 0.1) is 28.9 Å². The third-order valence-corrected chi connectivity index (χ3v) is 4.28. The van der Waals surface area contributed by atoms with Gasteiger partial charge in [-0.3, -0.25) is 14.9 Å². The van der Waals surface area contributed by atoms with Crippen LogP contribution in [0.1, 0.15) is 11.1 Å². The summed E-state index contributed by atoms with van der Waals surface area (Å²) in [6, 6.07) is 10.6. The Hall–Kier alpha value is -3.40. The van der Waals surface area contributed by atoms with E-state index in [0.717, 1.165) is 11.1 Å². The molecule has 0 atom stereocenters. The maximum Gasteiger partial charge on any atom is 0.311 e. The highest BCUT2D eigenvalue weighted by Gasteiger charge is 2.26. The molecular weight excluding hydrogens is 332 g/mol. The second-order valence-corrected chi connectivity index (χ2v) is 5.95. The first-order valence-electron chi connectivity index (χ1n) is 8.27. The molecule has 1 aliphatic heterocycles. The van der Waals surface area contributed by atoms with Crippen molar-refractivity contribution in [3.05, 3.63) is 63.8 Å². The van der Waals surface area contributed by atoms with Gasteiger partial charge < -0.3 is 9.80 Å². The number of rotatable bonds is 2. The van der Waals surface area contributed by atoms with E-state index in [1.807, 2.05) is 36.1 Å². The van der Waals surface area contributed by atoms with Crippen LogP contribution in [0.25, 0.3) is 0 Å². The van der Waals surface area contributed by atoms with E-state index in [2.05, 4.69) is 16.8 Å². The van der Waals surface area contributed by atoms with Gasteiger partial charge in [0.05, 0.1) is 4.92 Å². The predicted octanol–water partition coefficient (Wildman–Crippen LogP) is 2.00. The number of piperazine rings is 1. The first kappa shape index (κ1) is 17.4. The zero-order valence-corrected chi connectivity index (χ0v) is 14.4. The Morgan fingerprint density at radius 3 is 2.58 bits per heavy atom. The molecule has 2 heterocycles. The van der Waals surface area contributed by atoms with E-state index in [0.29, 0.717) is 32.0 Å². The minimum Gasteiger partial charge on any atom is -0.347 e. The van der Waals surface area contributed by atoms with Crippen molar-refractivity contribution in [3.63, 3.8) is 0 Å². The maximum atomic E-state index is 12.3. The molecule has 2 aromatic rings. The molecule has 1 amide bonds. The van der Waals surface area contributed by atoms with Gasteiger partial charge in [0.2, 0.25) is 5.82 Å². The molecule has 0 bridgehead atoms. The molecule has 132 valence electrons. The summed E-state index contributed by atoms with van der Waals surface area (Å²) < 4.78 is 0. The Labute approximate surface area is 151 Å². The molecule has 1 aliphatic rings. The number of carbonyl (C=O) groups excluding carboxylic acids is 1. The Morgan fingerprint density at radius 1 is 1.15 bits per heavy atom. The summed E-state index contributed by atoms with van der Waals surface area (Å²) in [5.41, 5.74) is 1.84. The van der Waals surface area contributed by atoms with Gasteiger partial charge in [0.15, 0.2) is 0 Å². The minimum absolute atomic E-state index is 0.0216. The quantitative estimate of drug-likeness (QED) is 0.470. The van der Waals surface area contributed by atoms with Gasteiger partial charge in [0.25, 0.3) is 5.91 Å². The van der Waals surface area contributed by atoms with E-state index < -0.39 is 4.92 Å². The average Bonchev–Trinajstić information content (AvgIpc) is 2.67. The number of carbonyl (C=O) groups is 1. The number of nitro groups is 1. The van der Waals surface area contributed by atoms with Crippen LogP contribution in [0.3, 0.4) is 0 Å². The van der Waals surface area contributed by atoms with Gasteiger partial charge in [0.1, 0.15) is 0 Å². The van der Waals surface area contributed by atoms with Gasteiger partial charge in [-0.1, -0.05) is 24.1 Å². The number of hydrogen-bond donors (Lipinski definition) is 0. The second-order valence-electron chi connectivity index (χ2n) is 5.95. The van der Waals surface area contributed by atoms with Crippen molar-refractivity contribution in [2.45, 2.75) is 6.92 Å². The topological polar surface area (TPSA) is 79.6 Å². The van der Waals surface area contributed by atoms with E-state index in [1.165, 1.54) is 12.3 Å². The first-order chi connectivity index (χ1) is 12.6. The van der Waals surface area contributed by atoms with Crippen LogP contribution in [-0.2, 0) is 4.79 Å². The van der Waals surface area contributed by atoms with Crippen molar-refractivity contribution in [1.29, 1.82) is 0 Å². The lowest BCUT2D eigenvalue weighted by Gasteiger charge is -2.34. The molecule has 26 heavy (non-hydrogen) atoms. The lowest BCUT2D eigenvalue weighted by atomic mass is 10.1. The Morgan fingerprint density at radius 2 is 1.88 bits per heavy atom. The van der Waals surface area contributed by atoms with Gasteiger partial charge in [-0.05, 0) is 24.6 Å². The molecule has 1 saturated heterocycles. The smallest absolute Gasteiger partial charge is 0.311 e. The van der Waals surface area contributed by atoms with Gasteiger partial charge >= 0.3 is 5.69 Å². The summed E-state index contributed by atoms with van der Waals surface area (Å²) in [5, 5.41) is 11.1. The van der Waals surface area contributed by atoms with Crippen LogP contribution in [0.4, 0.5) is 11.5 Å². The number of nitrogens with zero attached hydrogens (tertiary/aromatic N) is 4. The summed E-state index contributed by atoms with van der Waals surface area (Å²) in [6.45, 7) is 3.82. The summed E-state index contributed by atoms with van der Waals surface area (Å²) >= 11 is 0. The Bertz CT molecular complexity index is 893. The van der Waals surface area contributed by atoms with Crippen molar-refractivity contribution in [1.82, 2.24) is 9.88 Å². The minimum atomic E-state index is -0.437. The van der Waals surface area contributed by atoms with Crippen molar-refractivity contribution in [3.8, 4) is 11.8 Å². The monoisotopic (exact) mass is 350 g/mol. The third kappa shape index (κ3) is 3.81. The molecule has 0 spiro atoms. The fourth-order valence-electron chi connectivity index (χ4n) is 2.81. The molecule has 1 aromatic carbocycles. The predicted molar refractivity (Wildman–Crippen MR) is 97.7 cm³/mol. The number of pyridine rings is 1. The van der Waals surface area contributed by atoms with Crippen LogP contribution in [0.5, 0.6) is 0 Å². The highest BCUT2D eigenvalue weighted by atomic mass is 16.6. The molecular formula is C19H18N4O3. The van der Waals surface area contributed by atoms with E-state index in [4.69, 9.17) is 0 Å². The number of anilines is 1. The van der Waals surface area contributed by atoms with E-state index >= 15 is 0 Å². The largest absolute Gasteiger partial charge is 0.347 e. The SMILES string of the molecule is Cc1ccccc1C#CC(=O)N1CCN(c2ncccc2[N+](=O)[O-])CC1. The molecule has 0 saturated carbocycles. The molecule has 0 aliphatic carbocycles. The van der Waals surface area contributed by atoms with Crippen LogP contribution < -0.4 is 4.90 Å². The fraction of sp³-hybridized carbons (Fsp3) is 0.263. The second kappa shape index (κ2) is 7.66.